The van der Waals surface area contributed by atoms with Gasteiger partial charge in [-0.15, -0.1) is 6.42 Å². The predicted molar refractivity (Wildman–Crippen MR) is 165 cm³/mol. The van der Waals surface area contributed by atoms with Crippen molar-refractivity contribution in [2.75, 3.05) is 6.54 Å². The van der Waals surface area contributed by atoms with Gasteiger partial charge in [0, 0.05) is 30.5 Å². The lowest BCUT2D eigenvalue weighted by Crippen LogP contribution is -2.53. The first-order valence-corrected chi connectivity index (χ1v) is 17.2. The van der Waals surface area contributed by atoms with E-state index in [2.05, 4.69) is 45.1 Å². The quantitative estimate of drug-likeness (QED) is 0.177. The maximum absolute atomic E-state index is 14.1. The van der Waals surface area contributed by atoms with E-state index < -0.39 is 37.9 Å². The van der Waals surface area contributed by atoms with Crippen LogP contribution in [0.4, 0.5) is 4.79 Å². The van der Waals surface area contributed by atoms with Gasteiger partial charge in [-0.1, -0.05) is 77.8 Å². The van der Waals surface area contributed by atoms with Gasteiger partial charge in [0.1, 0.15) is 11.8 Å². The summed E-state index contributed by atoms with van der Waals surface area (Å²) in [6, 6.07) is 15.1. The maximum atomic E-state index is 14.1. The minimum atomic E-state index is -2.20. The molecule has 2 aromatic carbocycles. The van der Waals surface area contributed by atoms with E-state index in [-0.39, 0.29) is 30.1 Å². The first kappa shape index (κ1) is 32.9. The fourth-order valence-electron chi connectivity index (χ4n) is 4.45. The van der Waals surface area contributed by atoms with E-state index in [1.165, 1.54) is 4.90 Å². The van der Waals surface area contributed by atoms with Gasteiger partial charge in [0.25, 0.3) is 5.91 Å². The van der Waals surface area contributed by atoms with Crippen molar-refractivity contribution in [3.63, 3.8) is 0 Å². The fourth-order valence-corrected chi connectivity index (χ4v) is 5.81. The standard InChI is InChI=1S/C33H44N2O6Si/c1-10-23-16-18-24(19-17-23)21-34-29(36)27-20-26(41-42(8,9)33(5,6)7)22-35(27)30(37)28(32(2,3)4)40-31(38)39-25-14-12-11-13-15-25/h1,11-19,26-28H,20-22H2,2-9H3,(H,34,36)/t26-,27+,28-/m1/s1. The van der Waals surface area contributed by atoms with Crippen LogP contribution < -0.4 is 10.1 Å². The Morgan fingerprint density at radius 1 is 1.02 bits per heavy atom. The molecule has 226 valence electrons. The molecule has 0 aliphatic carbocycles. The molecule has 3 atom stereocenters. The van der Waals surface area contributed by atoms with E-state index in [9.17, 15) is 14.4 Å². The molecule has 1 aliphatic heterocycles. The SMILES string of the molecule is C#Cc1ccc(CNC(=O)[C@@H]2C[C@@H](O[Si](C)(C)C(C)(C)C)CN2C(=O)[C@@H](OC(=O)Oc2ccccc2)C(C)(C)C)cc1. The molecule has 1 N–H and O–H groups in total. The molecule has 0 radical (unpaired) electrons. The third-order valence-corrected chi connectivity index (χ3v) is 12.4. The summed E-state index contributed by atoms with van der Waals surface area (Å²) in [5.41, 5.74) is 0.861. The van der Waals surface area contributed by atoms with E-state index >= 15 is 0 Å². The highest BCUT2D eigenvalue weighted by Gasteiger charge is 2.49. The number of hydrogen-bond donors (Lipinski definition) is 1. The van der Waals surface area contributed by atoms with Gasteiger partial charge in [0.05, 0.1) is 6.10 Å². The van der Waals surface area contributed by atoms with Crippen molar-refractivity contribution in [2.24, 2.45) is 5.41 Å². The van der Waals surface area contributed by atoms with Crippen LogP contribution in [0.15, 0.2) is 54.6 Å². The van der Waals surface area contributed by atoms with Gasteiger partial charge in [-0.2, -0.15) is 0 Å². The molecule has 2 amide bonds. The topological polar surface area (TPSA) is 94.2 Å². The van der Waals surface area contributed by atoms with Crippen molar-refractivity contribution >= 4 is 26.3 Å². The number of nitrogens with zero attached hydrogens (tertiary/aromatic N) is 1. The zero-order valence-corrected chi connectivity index (χ0v) is 27.0. The molecule has 1 heterocycles. The van der Waals surface area contributed by atoms with Crippen LogP contribution in [0.25, 0.3) is 0 Å². The van der Waals surface area contributed by atoms with Crippen LogP contribution in [0.5, 0.6) is 5.75 Å². The van der Waals surface area contributed by atoms with E-state index in [0.29, 0.717) is 12.2 Å². The summed E-state index contributed by atoms with van der Waals surface area (Å²) in [4.78, 5) is 41.9. The van der Waals surface area contributed by atoms with Crippen LogP contribution in [0.3, 0.4) is 0 Å². The largest absolute Gasteiger partial charge is 0.514 e. The van der Waals surface area contributed by atoms with Crippen LogP contribution in [0.1, 0.15) is 59.1 Å². The Morgan fingerprint density at radius 2 is 1.64 bits per heavy atom. The van der Waals surface area contributed by atoms with Gasteiger partial charge in [-0.25, -0.2) is 4.79 Å². The molecule has 0 spiro atoms. The average Bonchev–Trinajstić information content (AvgIpc) is 3.33. The summed E-state index contributed by atoms with van der Waals surface area (Å²) >= 11 is 0. The number of likely N-dealkylation sites (tertiary alicyclic amines) is 1. The molecule has 0 saturated carbocycles. The fraction of sp³-hybridized carbons (Fsp3) is 0.485. The third-order valence-electron chi connectivity index (χ3n) is 7.87. The minimum Gasteiger partial charge on any atom is -0.420 e. The lowest BCUT2D eigenvalue weighted by Gasteiger charge is -2.38. The Kier molecular flexibility index (Phi) is 10.3. The van der Waals surface area contributed by atoms with Crippen molar-refractivity contribution in [2.45, 2.75) is 90.9 Å². The molecule has 1 saturated heterocycles. The molecule has 2 aromatic rings. The Hall–Kier alpha value is -3.61. The Labute approximate surface area is 251 Å². The van der Waals surface area contributed by atoms with E-state index in [0.717, 1.165) is 11.1 Å². The number of hydrogen-bond acceptors (Lipinski definition) is 6. The molecule has 3 rings (SSSR count). The Balaban J connectivity index is 1.83. The van der Waals surface area contributed by atoms with Crippen molar-refractivity contribution in [3.8, 4) is 18.1 Å². The van der Waals surface area contributed by atoms with Crippen LogP contribution in [-0.2, 0) is 25.3 Å². The second-order valence-electron chi connectivity index (χ2n) is 13.3. The minimum absolute atomic E-state index is 0.0506. The molecule has 0 unspecified atom stereocenters. The Bertz CT molecular complexity index is 1290. The number of rotatable bonds is 8. The van der Waals surface area contributed by atoms with Gasteiger partial charge in [-0.3, -0.25) is 9.59 Å². The van der Waals surface area contributed by atoms with Gasteiger partial charge < -0.3 is 24.1 Å². The van der Waals surface area contributed by atoms with Crippen molar-refractivity contribution in [1.82, 2.24) is 10.2 Å². The summed E-state index contributed by atoms with van der Waals surface area (Å²) in [5.74, 6) is 2.12. The van der Waals surface area contributed by atoms with Crippen LogP contribution in [0, 0.1) is 17.8 Å². The number of benzene rings is 2. The number of ether oxygens (including phenoxy) is 2. The Morgan fingerprint density at radius 3 is 2.19 bits per heavy atom. The predicted octanol–water partition coefficient (Wildman–Crippen LogP) is 5.91. The second-order valence-corrected chi connectivity index (χ2v) is 18.1. The zero-order valence-electron chi connectivity index (χ0n) is 26.0. The van der Waals surface area contributed by atoms with Gasteiger partial charge in [0.15, 0.2) is 14.4 Å². The van der Waals surface area contributed by atoms with Crippen molar-refractivity contribution in [3.05, 3.63) is 65.7 Å². The molecule has 0 aromatic heterocycles. The number of carbonyl (C=O) groups excluding carboxylic acids is 3. The first-order chi connectivity index (χ1) is 19.5. The molecular formula is C33H44N2O6Si. The number of nitrogens with one attached hydrogen (secondary N) is 1. The average molecular weight is 593 g/mol. The highest BCUT2D eigenvalue weighted by Crippen LogP contribution is 2.39. The molecular weight excluding hydrogens is 548 g/mol. The van der Waals surface area contributed by atoms with E-state index in [1.54, 1.807) is 51.1 Å². The summed E-state index contributed by atoms with van der Waals surface area (Å²) in [6.45, 7) is 16.6. The number of amides is 2. The monoisotopic (exact) mass is 592 g/mol. The number of para-hydroxylation sites is 1. The summed E-state index contributed by atoms with van der Waals surface area (Å²) in [5, 5.41) is 2.92. The van der Waals surface area contributed by atoms with Gasteiger partial charge in [-0.05, 0) is 48.0 Å². The highest BCUT2D eigenvalue weighted by molar-refractivity contribution is 6.74. The van der Waals surface area contributed by atoms with E-state index in [4.69, 9.17) is 20.3 Å². The zero-order chi connectivity index (χ0) is 31.3. The molecule has 1 aliphatic rings. The van der Waals surface area contributed by atoms with Crippen LogP contribution in [-0.4, -0.2) is 56.0 Å². The van der Waals surface area contributed by atoms with Crippen LogP contribution in [0.2, 0.25) is 18.1 Å². The molecule has 0 bridgehead atoms. The lowest BCUT2D eigenvalue weighted by molar-refractivity contribution is -0.151. The van der Waals surface area contributed by atoms with Crippen molar-refractivity contribution in [1.29, 1.82) is 0 Å². The third kappa shape index (κ3) is 8.46. The second kappa shape index (κ2) is 13.1. The van der Waals surface area contributed by atoms with Gasteiger partial charge in [0.2, 0.25) is 5.91 Å². The summed E-state index contributed by atoms with van der Waals surface area (Å²) in [7, 11) is -2.20. The highest BCUT2D eigenvalue weighted by atomic mass is 28.4. The lowest BCUT2D eigenvalue weighted by atomic mass is 9.88. The van der Waals surface area contributed by atoms with E-state index in [1.807, 2.05) is 24.3 Å². The first-order valence-electron chi connectivity index (χ1n) is 14.3. The normalized spacial score (nSPS) is 18.1. The smallest absolute Gasteiger partial charge is 0.420 e. The van der Waals surface area contributed by atoms with Crippen molar-refractivity contribution < 1.29 is 28.3 Å². The molecule has 1 fully saturated rings. The maximum Gasteiger partial charge on any atom is 0.514 e. The molecule has 8 nitrogen and oxygen atoms in total. The van der Waals surface area contributed by atoms with Crippen LogP contribution >= 0.6 is 0 Å². The molecule has 42 heavy (non-hydrogen) atoms. The summed E-state index contributed by atoms with van der Waals surface area (Å²) in [6.07, 6.45) is 3.28. The molecule has 9 heteroatoms. The summed E-state index contributed by atoms with van der Waals surface area (Å²) < 4.78 is 17.6. The van der Waals surface area contributed by atoms with Gasteiger partial charge >= 0.3 is 6.16 Å². The number of terminal acetylenes is 1. The number of carbonyl (C=O) groups is 3.